The molecule has 3 unspecified atom stereocenters. The molecule has 3 nitrogen and oxygen atoms in total. The number of hydrogen-bond donors (Lipinski definition) is 1. The summed E-state index contributed by atoms with van der Waals surface area (Å²) in [6.45, 7) is 6.65. The summed E-state index contributed by atoms with van der Waals surface area (Å²) in [6, 6.07) is 6.30. The van der Waals surface area contributed by atoms with Crippen LogP contribution in [0, 0.1) is 11.8 Å². The lowest BCUT2D eigenvalue weighted by Gasteiger charge is -2.32. The van der Waals surface area contributed by atoms with Gasteiger partial charge in [0.1, 0.15) is 0 Å². The van der Waals surface area contributed by atoms with E-state index in [2.05, 4.69) is 26.0 Å². The Morgan fingerprint density at radius 1 is 1.14 bits per heavy atom. The molecule has 0 aromatic heterocycles. The maximum atomic E-state index is 6.27. The molecule has 0 spiro atoms. The van der Waals surface area contributed by atoms with Gasteiger partial charge in [-0.25, -0.2) is 0 Å². The number of nitrogens with two attached hydrogens (primary N) is 1. The first-order chi connectivity index (χ1) is 9.97. The molecular weight excluding hydrogens is 262 g/mol. The van der Waals surface area contributed by atoms with Crippen molar-refractivity contribution in [2.75, 3.05) is 7.11 Å². The zero-order valence-corrected chi connectivity index (χ0v) is 13.8. The summed E-state index contributed by atoms with van der Waals surface area (Å²) in [4.78, 5) is 0. The summed E-state index contributed by atoms with van der Waals surface area (Å²) >= 11 is 0. The van der Waals surface area contributed by atoms with Crippen LogP contribution in [0.2, 0.25) is 0 Å². The lowest BCUT2D eigenvalue weighted by molar-refractivity contribution is 0.0979. The first kappa shape index (κ1) is 16.2. The Morgan fingerprint density at radius 2 is 1.81 bits per heavy atom. The number of benzene rings is 1. The lowest BCUT2D eigenvalue weighted by Crippen LogP contribution is -2.28. The van der Waals surface area contributed by atoms with Gasteiger partial charge in [0, 0.05) is 6.04 Å². The van der Waals surface area contributed by atoms with Gasteiger partial charge >= 0.3 is 0 Å². The minimum absolute atomic E-state index is 0.154. The van der Waals surface area contributed by atoms with Gasteiger partial charge < -0.3 is 15.2 Å². The van der Waals surface area contributed by atoms with Crippen molar-refractivity contribution in [3.05, 3.63) is 23.8 Å². The van der Waals surface area contributed by atoms with Gasteiger partial charge in [-0.05, 0) is 62.1 Å². The summed E-state index contributed by atoms with van der Waals surface area (Å²) in [5.74, 6) is 3.14. The van der Waals surface area contributed by atoms with Crippen LogP contribution in [0.5, 0.6) is 11.5 Å². The van der Waals surface area contributed by atoms with Gasteiger partial charge in [0.15, 0.2) is 11.5 Å². The maximum absolute atomic E-state index is 6.27. The van der Waals surface area contributed by atoms with Crippen LogP contribution >= 0.6 is 0 Å². The van der Waals surface area contributed by atoms with Gasteiger partial charge in [-0.15, -0.1) is 0 Å². The van der Waals surface area contributed by atoms with Crippen molar-refractivity contribution in [2.45, 2.75) is 58.6 Å². The molecule has 0 amide bonds. The van der Waals surface area contributed by atoms with Crippen molar-refractivity contribution in [1.29, 1.82) is 0 Å². The summed E-state index contributed by atoms with van der Waals surface area (Å²) < 4.78 is 11.7. The molecule has 3 atom stereocenters. The van der Waals surface area contributed by atoms with Crippen molar-refractivity contribution in [3.63, 3.8) is 0 Å². The van der Waals surface area contributed by atoms with E-state index in [9.17, 15) is 0 Å². The summed E-state index contributed by atoms with van der Waals surface area (Å²) in [5, 5.41) is 0. The number of hydrogen-bond acceptors (Lipinski definition) is 3. The van der Waals surface area contributed by atoms with Gasteiger partial charge in [-0.3, -0.25) is 0 Å². The lowest BCUT2D eigenvalue weighted by atomic mass is 9.82. The van der Waals surface area contributed by atoms with E-state index in [1.807, 2.05) is 13.0 Å². The van der Waals surface area contributed by atoms with Crippen LogP contribution in [-0.4, -0.2) is 19.3 Å². The third kappa shape index (κ3) is 4.63. The molecule has 0 radical (unpaired) electrons. The van der Waals surface area contributed by atoms with Gasteiger partial charge in [0.05, 0.1) is 13.2 Å². The molecule has 1 saturated carbocycles. The van der Waals surface area contributed by atoms with Crippen LogP contribution in [-0.2, 0) is 6.42 Å². The molecule has 1 aromatic rings. The Morgan fingerprint density at radius 3 is 2.38 bits per heavy atom. The van der Waals surface area contributed by atoms with Crippen LogP contribution in [0.15, 0.2) is 18.2 Å². The summed E-state index contributed by atoms with van der Waals surface area (Å²) in [7, 11) is 1.69. The first-order valence-corrected chi connectivity index (χ1v) is 8.07. The van der Waals surface area contributed by atoms with Crippen molar-refractivity contribution in [2.24, 2.45) is 17.6 Å². The highest BCUT2D eigenvalue weighted by molar-refractivity contribution is 5.43. The minimum atomic E-state index is 0.154. The van der Waals surface area contributed by atoms with E-state index < -0.39 is 0 Å². The largest absolute Gasteiger partial charge is 0.493 e. The molecule has 0 bridgehead atoms. The van der Waals surface area contributed by atoms with E-state index in [0.717, 1.165) is 42.6 Å². The van der Waals surface area contributed by atoms with Crippen LogP contribution in [0.3, 0.4) is 0 Å². The monoisotopic (exact) mass is 291 g/mol. The molecule has 2 N–H and O–H groups in total. The topological polar surface area (TPSA) is 44.5 Å². The van der Waals surface area contributed by atoms with E-state index in [4.69, 9.17) is 15.2 Å². The Kier molecular flexibility index (Phi) is 5.51. The molecule has 1 aliphatic carbocycles. The van der Waals surface area contributed by atoms with Crippen molar-refractivity contribution in [3.8, 4) is 11.5 Å². The Balaban J connectivity index is 2.13. The SMILES string of the molecule is COc1ccc(CC(C)N)cc1OC1CC(C)CC(C)C1. The molecule has 3 heteroatoms. The van der Waals surface area contributed by atoms with Crippen LogP contribution in [0.4, 0.5) is 0 Å². The van der Waals surface area contributed by atoms with Crippen LogP contribution in [0.25, 0.3) is 0 Å². The summed E-state index contributed by atoms with van der Waals surface area (Å²) in [5.41, 5.74) is 7.10. The van der Waals surface area contributed by atoms with Crippen LogP contribution in [0.1, 0.15) is 45.6 Å². The van der Waals surface area contributed by atoms with E-state index in [0.29, 0.717) is 6.10 Å². The Bertz CT molecular complexity index is 449. The van der Waals surface area contributed by atoms with Gasteiger partial charge in [-0.2, -0.15) is 0 Å². The normalized spacial score (nSPS) is 27.2. The smallest absolute Gasteiger partial charge is 0.161 e. The zero-order valence-electron chi connectivity index (χ0n) is 13.8. The number of rotatable bonds is 5. The van der Waals surface area contributed by atoms with E-state index >= 15 is 0 Å². The molecule has 1 aromatic carbocycles. The van der Waals surface area contributed by atoms with Crippen molar-refractivity contribution < 1.29 is 9.47 Å². The highest BCUT2D eigenvalue weighted by Crippen LogP contribution is 2.35. The fraction of sp³-hybridized carbons (Fsp3) is 0.667. The number of methoxy groups -OCH3 is 1. The highest BCUT2D eigenvalue weighted by atomic mass is 16.5. The standard InChI is InChI=1S/C18H29NO2/c1-12-7-13(2)9-16(8-12)21-18-11-15(10-14(3)19)5-6-17(18)20-4/h5-6,11-14,16H,7-10,19H2,1-4H3. The third-order valence-corrected chi connectivity index (χ3v) is 4.21. The zero-order chi connectivity index (χ0) is 15.4. The first-order valence-electron chi connectivity index (χ1n) is 8.07. The minimum Gasteiger partial charge on any atom is -0.493 e. The highest BCUT2D eigenvalue weighted by Gasteiger charge is 2.26. The Labute approximate surface area is 128 Å². The second kappa shape index (κ2) is 7.17. The molecule has 1 fully saturated rings. The van der Waals surface area contributed by atoms with Gasteiger partial charge in [-0.1, -0.05) is 19.9 Å². The Hall–Kier alpha value is -1.22. The molecule has 118 valence electrons. The predicted octanol–water partition coefficient (Wildman–Crippen LogP) is 3.79. The number of ether oxygens (including phenoxy) is 2. The molecule has 0 saturated heterocycles. The quantitative estimate of drug-likeness (QED) is 0.897. The molecule has 0 aliphatic heterocycles. The van der Waals surface area contributed by atoms with E-state index in [1.165, 1.54) is 12.0 Å². The fourth-order valence-electron chi connectivity index (χ4n) is 3.46. The average Bonchev–Trinajstić information content (AvgIpc) is 2.37. The van der Waals surface area contributed by atoms with E-state index in [-0.39, 0.29) is 6.04 Å². The van der Waals surface area contributed by atoms with E-state index in [1.54, 1.807) is 7.11 Å². The maximum Gasteiger partial charge on any atom is 0.161 e. The predicted molar refractivity (Wildman–Crippen MR) is 86.9 cm³/mol. The molecule has 2 rings (SSSR count). The average molecular weight is 291 g/mol. The molecule has 21 heavy (non-hydrogen) atoms. The van der Waals surface area contributed by atoms with Crippen LogP contribution < -0.4 is 15.2 Å². The third-order valence-electron chi connectivity index (χ3n) is 4.21. The van der Waals surface area contributed by atoms with Crippen molar-refractivity contribution in [1.82, 2.24) is 0 Å². The fourth-order valence-corrected chi connectivity index (χ4v) is 3.46. The second-order valence-electron chi connectivity index (χ2n) is 6.82. The molecule has 1 aliphatic rings. The molecule has 0 heterocycles. The molecular formula is C18H29NO2. The second-order valence-corrected chi connectivity index (χ2v) is 6.82. The summed E-state index contributed by atoms with van der Waals surface area (Å²) in [6.07, 6.45) is 4.72. The van der Waals surface area contributed by atoms with Gasteiger partial charge in [0.2, 0.25) is 0 Å². The van der Waals surface area contributed by atoms with Gasteiger partial charge in [0.25, 0.3) is 0 Å². The van der Waals surface area contributed by atoms with Crippen molar-refractivity contribution >= 4 is 0 Å².